The maximum absolute atomic E-state index is 14.3. The standard InChI is InChI=1S/C16H8ClF2N5O2/c17-16-22-21-13-7-20-15(14-10(18)2-1-3-11(14)19)9-6-8(24(25)26)4-5-12(9)23(13)16/h1-6H,7H2. The highest BCUT2D eigenvalue weighted by atomic mass is 35.5. The van der Waals surface area contributed by atoms with Crippen LogP contribution in [0.1, 0.15) is 17.0 Å². The molecule has 7 nitrogen and oxygen atoms in total. The maximum atomic E-state index is 14.3. The van der Waals surface area contributed by atoms with Gasteiger partial charge in [0, 0.05) is 17.7 Å². The van der Waals surface area contributed by atoms with Crippen molar-refractivity contribution in [1.82, 2.24) is 14.8 Å². The van der Waals surface area contributed by atoms with Crippen molar-refractivity contribution in [2.75, 3.05) is 0 Å². The van der Waals surface area contributed by atoms with Crippen LogP contribution in [0.2, 0.25) is 5.28 Å². The van der Waals surface area contributed by atoms with Crippen molar-refractivity contribution in [3.05, 3.63) is 80.4 Å². The first kappa shape index (κ1) is 16.3. The van der Waals surface area contributed by atoms with Crippen molar-refractivity contribution in [2.45, 2.75) is 6.54 Å². The van der Waals surface area contributed by atoms with E-state index >= 15 is 0 Å². The molecule has 0 atom stereocenters. The van der Waals surface area contributed by atoms with E-state index in [0.717, 1.165) is 12.1 Å². The van der Waals surface area contributed by atoms with Crippen LogP contribution in [0.3, 0.4) is 0 Å². The van der Waals surface area contributed by atoms with Crippen LogP contribution < -0.4 is 0 Å². The molecule has 3 aromatic rings. The average molecular weight is 376 g/mol. The molecule has 0 saturated carbocycles. The lowest BCUT2D eigenvalue weighted by molar-refractivity contribution is -0.384. The summed E-state index contributed by atoms with van der Waals surface area (Å²) in [6.45, 7) is -0.0503. The average Bonchev–Trinajstić information content (AvgIpc) is 2.89. The predicted molar refractivity (Wildman–Crippen MR) is 88.7 cm³/mol. The molecule has 0 saturated heterocycles. The third-order valence-corrected chi connectivity index (χ3v) is 4.20. The lowest BCUT2D eigenvalue weighted by Gasteiger charge is -2.12. The molecule has 1 aliphatic heterocycles. The van der Waals surface area contributed by atoms with E-state index in [2.05, 4.69) is 15.2 Å². The molecule has 4 rings (SSSR count). The summed E-state index contributed by atoms with van der Waals surface area (Å²) in [4.78, 5) is 14.8. The number of rotatable bonds is 2. The van der Waals surface area contributed by atoms with E-state index in [1.54, 1.807) is 0 Å². The fourth-order valence-corrected chi connectivity index (χ4v) is 3.06. The molecule has 0 aliphatic carbocycles. The van der Waals surface area contributed by atoms with Gasteiger partial charge in [0.2, 0.25) is 5.28 Å². The number of aliphatic imine (C=N–C) groups is 1. The SMILES string of the molecule is O=[N+]([O-])c1ccc2c(c1)C(c1c(F)cccc1F)=NCc1nnc(Cl)n1-2. The molecule has 0 N–H and O–H groups in total. The largest absolute Gasteiger partial charge is 0.276 e. The lowest BCUT2D eigenvalue weighted by Crippen LogP contribution is -2.12. The molecule has 2 aromatic carbocycles. The van der Waals surface area contributed by atoms with Gasteiger partial charge in [-0.25, -0.2) is 8.78 Å². The number of non-ortho nitro benzene ring substituents is 1. The number of fused-ring (bicyclic) bond motifs is 3. The first-order valence-corrected chi connectivity index (χ1v) is 7.73. The summed E-state index contributed by atoms with van der Waals surface area (Å²) in [5.41, 5.74) is -0.172. The highest BCUT2D eigenvalue weighted by Gasteiger charge is 2.27. The van der Waals surface area contributed by atoms with Crippen LogP contribution in [-0.2, 0) is 6.54 Å². The number of aromatic nitrogens is 3. The van der Waals surface area contributed by atoms with E-state index in [9.17, 15) is 18.9 Å². The van der Waals surface area contributed by atoms with Crippen LogP contribution in [0.4, 0.5) is 14.5 Å². The highest BCUT2D eigenvalue weighted by molar-refractivity contribution is 6.28. The normalized spacial score (nSPS) is 12.8. The van der Waals surface area contributed by atoms with E-state index in [1.165, 1.54) is 28.8 Å². The Hall–Kier alpha value is -3.20. The van der Waals surface area contributed by atoms with Gasteiger partial charge in [0.25, 0.3) is 5.69 Å². The third kappa shape index (κ3) is 2.44. The molecule has 0 radical (unpaired) electrons. The van der Waals surface area contributed by atoms with E-state index in [0.29, 0.717) is 11.5 Å². The Morgan fingerprint density at radius 3 is 2.58 bits per heavy atom. The Balaban J connectivity index is 2.06. The Labute approximate surface area is 149 Å². The molecule has 0 unspecified atom stereocenters. The van der Waals surface area contributed by atoms with Gasteiger partial charge < -0.3 is 0 Å². The van der Waals surface area contributed by atoms with Crippen LogP contribution in [0.15, 0.2) is 41.4 Å². The monoisotopic (exact) mass is 375 g/mol. The summed E-state index contributed by atoms with van der Waals surface area (Å²) >= 11 is 6.07. The number of benzene rings is 2. The molecule has 1 aliphatic rings. The van der Waals surface area contributed by atoms with Crippen molar-refractivity contribution in [2.24, 2.45) is 4.99 Å². The van der Waals surface area contributed by atoms with Crippen molar-refractivity contribution < 1.29 is 13.7 Å². The molecule has 130 valence electrons. The number of nitro benzene ring substituents is 1. The van der Waals surface area contributed by atoms with Crippen LogP contribution in [0, 0.1) is 21.7 Å². The van der Waals surface area contributed by atoms with Gasteiger partial charge in [-0.1, -0.05) is 6.07 Å². The molecule has 1 aromatic heterocycles. The van der Waals surface area contributed by atoms with E-state index < -0.39 is 16.6 Å². The smallest absolute Gasteiger partial charge is 0.270 e. The van der Waals surface area contributed by atoms with Crippen molar-refractivity contribution in [3.8, 4) is 5.69 Å². The van der Waals surface area contributed by atoms with Gasteiger partial charge in [0.1, 0.15) is 18.2 Å². The van der Waals surface area contributed by atoms with Crippen molar-refractivity contribution >= 4 is 23.0 Å². The molecule has 26 heavy (non-hydrogen) atoms. The van der Waals surface area contributed by atoms with Crippen LogP contribution in [0.5, 0.6) is 0 Å². The van der Waals surface area contributed by atoms with Gasteiger partial charge in [0.05, 0.1) is 21.9 Å². The predicted octanol–water partition coefficient (Wildman–Crippen LogP) is 3.46. The topological polar surface area (TPSA) is 86.2 Å². The molecular formula is C16H8ClF2N5O2. The number of nitro groups is 1. The Morgan fingerprint density at radius 1 is 1.15 bits per heavy atom. The minimum Gasteiger partial charge on any atom is -0.276 e. The van der Waals surface area contributed by atoms with Gasteiger partial charge in [-0.15, -0.1) is 10.2 Å². The zero-order valence-electron chi connectivity index (χ0n) is 12.9. The summed E-state index contributed by atoms with van der Waals surface area (Å²) in [7, 11) is 0. The Kier molecular flexibility index (Phi) is 3.73. The summed E-state index contributed by atoms with van der Waals surface area (Å²) in [6, 6.07) is 7.30. The lowest BCUT2D eigenvalue weighted by atomic mass is 9.99. The number of hydrogen-bond acceptors (Lipinski definition) is 5. The second-order valence-electron chi connectivity index (χ2n) is 5.44. The number of nitrogens with zero attached hydrogens (tertiary/aromatic N) is 5. The summed E-state index contributed by atoms with van der Waals surface area (Å²) in [5, 5.41) is 18.8. The quantitative estimate of drug-likeness (QED) is 0.507. The zero-order valence-corrected chi connectivity index (χ0v) is 13.6. The van der Waals surface area contributed by atoms with E-state index in [1.807, 2.05) is 0 Å². The van der Waals surface area contributed by atoms with Gasteiger partial charge in [0.15, 0.2) is 5.82 Å². The van der Waals surface area contributed by atoms with Crippen molar-refractivity contribution in [1.29, 1.82) is 0 Å². The molecule has 0 spiro atoms. The van der Waals surface area contributed by atoms with Gasteiger partial charge in [-0.05, 0) is 29.8 Å². The summed E-state index contributed by atoms with van der Waals surface area (Å²) in [6.07, 6.45) is 0. The fraction of sp³-hybridized carbons (Fsp3) is 0.0625. The fourth-order valence-electron chi connectivity index (χ4n) is 2.83. The van der Waals surface area contributed by atoms with Crippen LogP contribution in [-0.4, -0.2) is 25.4 Å². The first-order chi connectivity index (χ1) is 12.5. The highest BCUT2D eigenvalue weighted by Crippen LogP contribution is 2.31. The minimum absolute atomic E-state index is 0.0144. The van der Waals surface area contributed by atoms with Crippen molar-refractivity contribution in [3.63, 3.8) is 0 Å². The van der Waals surface area contributed by atoms with Gasteiger partial charge >= 0.3 is 0 Å². The second kappa shape index (κ2) is 5.95. The second-order valence-corrected chi connectivity index (χ2v) is 5.78. The Morgan fingerprint density at radius 2 is 1.88 bits per heavy atom. The third-order valence-electron chi connectivity index (χ3n) is 3.96. The Bertz CT molecular complexity index is 1080. The van der Waals surface area contributed by atoms with E-state index in [4.69, 9.17) is 11.6 Å². The number of hydrogen-bond donors (Lipinski definition) is 0. The molecule has 0 amide bonds. The molecule has 0 bridgehead atoms. The van der Waals surface area contributed by atoms with Crippen LogP contribution in [0.25, 0.3) is 5.69 Å². The summed E-state index contributed by atoms with van der Waals surface area (Å²) in [5.74, 6) is -1.31. The maximum Gasteiger partial charge on any atom is 0.270 e. The molecule has 10 heteroatoms. The summed E-state index contributed by atoms with van der Waals surface area (Å²) < 4.78 is 30.1. The molecule has 2 heterocycles. The van der Waals surface area contributed by atoms with Gasteiger partial charge in [-0.3, -0.25) is 19.7 Å². The number of halogens is 3. The molecule has 0 fully saturated rings. The van der Waals surface area contributed by atoms with Gasteiger partial charge in [-0.2, -0.15) is 0 Å². The zero-order chi connectivity index (χ0) is 18.4. The van der Waals surface area contributed by atoms with E-state index in [-0.39, 0.29) is 34.4 Å². The van der Waals surface area contributed by atoms with Crippen LogP contribution >= 0.6 is 11.6 Å². The first-order valence-electron chi connectivity index (χ1n) is 7.35. The molecular weight excluding hydrogens is 368 g/mol. The minimum atomic E-state index is -0.829.